The number of nitrogens with zero attached hydrogens (tertiary/aromatic N) is 1. The fourth-order valence-corrected chi connectivity index (χ4v) is 5.24. The number of carboxylic acids is 1. The SMILES string of the molecule is CC(OC(=O)OC1CCCCC1)C1(C(=O)O)N=c2cc(Cl)cc(Cl)c2=C1C=CC(=O)Nc1ccccc1. The number of para-hydroxylation sites is 1. The first-order valence-corrected chi connectivity index (χ1v) is 12.7. The number of hydrogen-bond donors (Lipinski definition) is 2. The van der Waals surface area contributed by atoms with Gasteiger partial charge in [-0.25, -0.2) is 9.59 Å². The monoisotopic (exact) mass is 544 g/mol. The molecule has 1 aliphatic carbocycles. The van der Waals surface area contributed by atoms with Gasteiger partial charge in [0.15, 0.2) is 0 Å². The molecule has 1 heterocycles. The van der Waals surface area contributed by atoms with Crippen molar-refractivity contribution in [3.8, 4) is 0 Å². The highest BCUT2D eigenvalue weighted by molar-refractivity contribution is 6.34. The summed E-state index contributed by atoms with van der Waals surface area (Å²) in [6.07, 6.45) is 4.40. The molecule has 1 amide bonds. The highest BCUT2D eigenvalue weighted by atomic mass is 35.5. The number of benzene rings is 2. The van der Waals surface area contributed by atoms with E-state index in [1.807, 2.05) is 6.07 Å². The standard InChI is InChI=1S/C27H26Cl2N2O6/c1-16(36-26(35)37-19-10-6-3-7-11-19)27(25(33)34)20(24-21(29)14-17(28)15-22(24)31-27)12-13-23(32)30-18-8-4-2-5-9-18/h2,4-5,8-9,12-16,19H,3,6-7,10-11H2,1H3,(H,30,32)(H,33,34). The summed E-state index contributed by atoms with van der Waals surface area (Å²) >= 11 is 12.6. The molecule has 0 saturated heterocycles. The van der Waals surface area contributed by atoms with E-state index in [4.69, 9.17) is 32.7 Å². The van der Waals surface area contributed by atoms with Crippen LogP contribution in [-0.2, 0) is 19.1 Å². The third-order valence-electron chi connectivity index (χ3n) is 6.46. The summed E-state index contributed by atoms with van der Waals surface area (Å²) in [5.41, 5.74) is -1.45. The summed E-state index contributed by atoms with van der Waals surface area (Å²) in [6.45, 7) is 1.42. The molecule has 4 rings (SSSR count). The molecule has 2 atom stereocenters. The van der Waals surface area contributed by atoms with Gasteiger partial charge in [-0.15, -0.1) is 0 Å². The minimum Gasteiger partial charge on any atom is -0.479 e. The molecule has 37 heavy (non-hydrogen) atoms. The van der Waals surface area contributed by atoms with Gasteiger partial charge in [0.2, 0.25) is 11.4 Å². The zero-order chi connectivity index (χ0) is 26.6. The van der Waals surface area contributed by atoms with Crippen molar-refractivity contribution in [3.05, 3.63) is 75.2 Å². The zero-order valence-electron chi connectivity index (χ0n) is 20.1. The van der Waals surface area contributed by atoms with Crippen molar-refractivity contribution in [3.63, 3.8) is 0 Å². The molecule has 2 unspecified atom stereocenters. The molecule has 1 aliphatic heterocycles. The van der Waals surface area contributed by atoms with Crippen LogP contribution >= 0.6 is 23.2 Å². The first kappa shape index (κ1) is 26.7. The van der Waals surface area contributed by atoms with Crippen LogP contribution in [0.1, 0.15) is 39.0 Å². The number of carboxylic acid groups (broad SMARTS) is 1. The Morgan fingerprint density at radius 3 is 2.51 bits per heavy atom. The van der Waals surface area contributed by atoms with Gasteiger partial charge in [-0.05, 0) is 62.9 Å². The Balaban J connectivity index is 1.69. The zero-order valence-corrected chi connectivity index (χ0v) is 21.6. The number of anilines is 1. The average Bonchev–Trinajstić information content (AvgIpc) is 3.19. The Labute approximate surface area is 223 Å². The normalized spacial score (nSPS) is 20.1. The summed E-state index contributed by atoms with van der Waals surface area (Å²) in [7, 11) is 0. The number of fused-ring (bicyclic) bond motifs is 1. The molecule has 2 aliphatic rings. The van der Waals surface area contributed by atoms with Gasteiger partial charge in [0.25, 0.3) is 0 Å². The smallest absolute Gasteiger partial charge is 0.479 e. The highest BCUT2D eigenvalue weighted by Gasteiger charge is 2.52. The number of halogens is 2. The van der Waals surface area contributed by atoms with E-state index in [0.29, 0.717) is 5.69 Å². The van der Waals surface area contributed by atoms with Crippen LogP contribution in [0.5, 0.6) is 0 Å². The molecule has 2 aromatic rings. The van der Waals surface area contributed by atoms with Gasteiger partial charge in [-0.2, -0.15) is 0 Å². The Kier molecular flexibility index (Phi) is 8.19. The maximum atomic E-state index is 12.8. The summed E-state index contributed by atoms with van der Waals surface area (Å²) in [6, 6.07) is 11.7. The van der Waals surface area contributed by atoms with Crippen LogP contribution in [0.25, 0.3) is 5.57 Å². The number of rotatable bonds is 7. The molecule has 1 saturated carbocycles. The van der Waals surface area contributed by atoms with Gasteiger partial charge in [-0.1, -0.05) is 47.8 Å². The van der Waals surface area contributed by atoms with E-state index in [9.17, 15) is 19.5 Å². The minimum absolute atomic E-state index is 0.0813. The van der Waals surface area contributed by atoms with Gasteiger partial charge in [-0.3, -0.25) is 9.79 Å². The van der Waals surface area contributed by atoms with Crippen molar-refractivity contribution < 1.29 is 29.0 Å². The van der Waals surface area contributed by atoms with Crippen LogP contribution in [0.4, 0.5) is 10.5 Å². The van der Waals surface area contributed by atoms with E-state index in [-0.39, 0.29) is 32.3 Å². The average molecular weight is 545 g/mol. The summed E-state index contributed by atoms with van der Waals surface area (Å²) in [5.74, 6) is -1.89. The van der Waals surface area contributed by atoms with Crippen LogP contribution in [-0.4, -0.2) is 40.9 Å². The van der Waals surface area contributed by atoms with Crippen molar-refractivity contribution in [1.29, 1.82) is 0 Å². The fourth-order valence-electron chi connectivity index (χ4n) is 4.65. The topological polar surface area (TPSA) is 114 Å². The van der Waals surface area contributed by atoms with E-state index in [2.05, 4.69) is 10.3 Å². The number of amides is 1. The van der Waals surface area contributed by atoms with E-state index in [1.165, 1.54) is 31.2 Å². The maximum Gasteiger partial charge on any atom is 0.508 e. The van der Waals surface area contributed by atoms with Crippen molar-refractivity contribution in [2.75, 3.05) is 5.32 Å². The first-order chi connectivity index (χ1) is 17.7. The van der Waals surface area contributed by atoms with E-state index in [0.717, 1.165) is 32.1 Å². The largest absolute Gasteiger partial charge is 0.508 e. The van der Waals surface area contributed by atoms with Gasteiger partial charge in [0.05, 0.1) is 10.4 Å². The first-order valence-electron chi connectivity index (χ1n) is 11.9. The number of carbonyl (C=O) groups excluding carboxylic acids is 2. The third-order valence-corrected chi connectivity index (χ3v) is 6.97. The molecule has 194 valence electrons. The quantitative estimate of drug-likeness (QED) is 0.386. The summed E-state index contributed by atoms with van der Waals surface area (Å²) < 4.78 is 10.9. The number of carbonyl (C=O) groups is 3. The lowest BCUT2D eigenvalue weighted by atomic mass is 9.85. The molecule has 0 spiro atoms. The van der Waals surface area contributed by atoms with Gasteiger partial charge in [0.1, 0.15) is 12.2 Å². The van der Waals surface area contributed by atoms with Crippen LogP contribution in [0.15, 0.2) is 59.6 Å². The van der Waals surface area contributed by atoms with Gasteiger partial charge in [0, 0.05) is 27.6 Å². The second kappa shape index (κ2) is 11.4. The van der Waals surface area contributed by atoms with E-state index in [1.54, 1.807) is 24.3 Å². The molecule has 0 radical (unpaired) electrons. The minimum atomic E-state index is -2.09. The molecule has 2 aromatic carbocycles. The lowest BCUT2D eigenvalue weighted by Crippen LogP contribution is -2.49. The van der Waals surface area contributed by atoms with Crippen LogP contribution in [0, 0.1) is 0 Å². The Bertz CT molecular complexity index is 1350. The Hall–Kier alpha value is -3.36. The van der Waals surface area contributed by atoms with Crippen molar-refractivity contribution in [2.24, 2.45) is 4.99 Å². The van der Waals surface area contributed by atoms with Crippen molar-refractivity contribution in [2.45, 2.75) is 56.8 Å². The number of hydrogen-bond acceptors (Lipinski definition) is 6. The molecule has 10 heteroatoms. The van der Waals surface area contributed by atoms with E-state index >= 15 is 0 Å². The lowest BCUT2D eigenvalue weighted by molar-refractivity contribution is -0.144. The Morgan fingerprint density at radius 1 is 1.14 bits per heavy atom. The van der Waals surface area contributed by atoms with Crippen molar-refractivity contribution >= 4 is 52.5 Å². The van der Waals surface area contributed by atoms with Crippen LogP contribution in [0.2, 0.25) is 10.0 Å². The summed E-state index contributed by atoms with van der Waals surface area (Å²) in [4.78, 5) is 42.4. The second-order valence-corrected chi connectivity index (χ2v) is 9.80. The predicted molar refractivity (Wildman–Crippen MR) is 139 cm³/mol. The molecule has 1 fully saturated rings. The van der Waals surface area contributed by atoms with Crippen LogP contribution in [0.3, 0.4) is 0 Å². The van der Waals surface area contributed by atoms with Crippen LogP contribution < -0.4 is 15.9 Å². The molecular weight excluding hydrogens is 519 g/mol. The molecular formula is C27H26Cl2N2O6. The molecule has 8 nitrogen and oxygen atoms in total. The predicted octanol–water partition coefficient (Wildman–Crippen LogP) is 4.67. The second-order valence-electron chi connectivity index (χ2n) is 8.96. The van der Waals surface area contributed by atoms with Crippen molar-refractivity contribution in [1.82, 2.24) is 0 Å². The fraction of sp³-hybridized carbons (Fsp3) is 0.333. The maximum absolute atomic E-state index is 12.8. The number of ether oxygens (including phenoxy) is 2. The molecule has 2 N–H and O–H groups in total. The van der Waals surface area contributed by atoms with Gasteiger partial charge >= 0.3 is 12.1 Å². The number of aliphatic carboxylic acids is 1. The summed E-state index contributed by atoms with van der Waals surface area (Å²) in [5, 5.41) is 14.0. The highest BCUT2D eigenvalue weighted by Crippen LogP contribution is 2.33. The number of nitrogens with one attached hydrogen (secondary N) is 1. The third kappa shape index (κ3) is 5.81. The lowest BCUT2D eigenvalue weighted by Gasteiger charge is -2.30. The Morgan fingerprint density at radius 2 is 1.84 bits per heavy atom. The van der Waals surface area contributed by atoms with E-state index < -0.39 is 29.7 Å². The molecule has 0 bridgehead atoms. The molecule has 0 aromatic heterocycles. The van der Waals surface area contributed by atoms with Gasteiger partial charge < -0.3 is 19.9 Å².